The zero-order valence-corrected chi connectivity index (χ0v) is 10.5. The second-order valence-corrected chi connectivity index (χ2v) is 5.66. The van der Waals surface area contributed by atoms with Crippen molar-refractivity contribution in [3.05, 3.63) is 0 Å². The molecule has 2 rings (SSSR count). The van der Waals surface area contributed by atoms with Gasteiger partial charge in [0.05, 0.1) is 0 Å². The Morgan fingerprint density at radius 1 is 1.38 bits per heavy atom. The van der Waals surface area contributed by atoms with Gasteiger partial charge in [-0.2, -0.15) is 0 Å². The van der Waals surface area contributed by atoms with Crippen molar-refractivity contribution in [1.82, 2.24) is 4.90 Å². The Bertz CT molecular complexity index is 253. The number of hydrogen-bond acceptors (Lipinski definition) is 2. The van der Waals surface area contributed by atoms with Crippen molar-refractivity contribution in [3.63, 3.8) is 0 Å². The Kier molecular flexibility index (Phi) is 3.53. The molecule has 0 heterocycles. The van der Waals surface area contributed by atoms with Crippen LogP contribution in [0.4, 0.5) is 0 Å². The van der Waals surface area contributed by atoms with E-state index in [2.05, 4.69) is 0 Å². The zero-order chi connectivity index (χ0) is 11.7. The molecule has 3 unspecified atom stereocenters. The molecular weight excluding hydrogens is 200 g/mol. The third-order valence-electron chi connectivity index (χ3n) is 4.24. The van der Waals surface area contributed by atoms with E-state index in [1.807, 2.05) is 18.9 Å². The molecule has 3 atom stereocenters. The van der Waals surface area contributed by atoms with Crippen LogP contribution in [0.3, 0.4) is 0 Å². The summed E-state index contributed by atoms with van der Waals surface area (Å²) in [5.74, 6) is 2.18. The Labute approximate surface area is 98.4 Å². The molecule has 0 bridgehead atoms. The molecule has 2 aliphatic rings. The van der Waals surface area contributed by atoms with E-state index in [9.17, 15) is 4.79 Å². The summed E-state index contributed by atoms with van der Waals surface area (Å²) in [6.07, 6.45) is 6.12. The fourth-order valence-corrected chi connectivity index (χ4v) is 3.12. The zero-order valence-electron chi connectivity index (χ0n) is 10.5. The van der Waals surface area contributed by atoms with Crippen molar-refractivity contribution in [2.75, 3.05) is 13.6 Å². The molecule has 3 heteroatoms. The highest BCUT2D eigenvalue weighted by Gasteiger charge is 2.55. The first-order valence-corrected chi connectivity index (χ1v) is 6.62. The van der Waals surface area contributed by atoms with Gasteiger partial charge in [-0.15, -0.1) is 0 Å². The van der Waals surface area contributed by atoms with Crippen molar-refractivity contribution in [3.8, 4) is 0 Å². The first-order chi connectivity index (χ1) is 7.61. The quantitative estimate of drug-likeness (QED) is 0.788. The van der Waals surface area contributed by atoms with E-state index in [1.165, 1.54) is 25.7 Å². The maximum Gasteiger partial charge on any atom is 0.226 e. The Morgan fingerprint density at radius 2 is 1.94 bits per heavy atom. The summed E-state index contributed by atoms with van der Waals surface area (Å²) in [6, 6.07) is 0.191. The molecule has 0 aliphatic heterocycles. The van der Waals surface area contributed by atoms with E-state index in [-0.39, 0.29) is 6.04 Å². The van der Waals surface area contributed by atoms with Crippen LogP contribution in [0.5, 0.6) is 0 Å². The van der Waals surface area contributed by atoms with Crippen LogP contribution in [0, 0.1) is 17.8 Å². The molecule has 2 N–H and O–H groups in total. The fourth-order valence-electron chi connectivity index (χ4n) is 3.12. The largest absolute Gasteiger partial charge is 0.345 e. The van der Waals surface area contributed by atoms with Crippen molar-refractivity contribution in [2.24, 2.45) is 23.5 Å². The molecule has 2 fully saturated rings. The van der Waals surface area contributed by atoms with E-state index in [1.54, 1.807) is 0 Å². The minimum atomic E-state index is 0.191. The van der Waals surface area contributed by atoms with Gasteiger partial charge in [0.15, 0.2) is 0 Å². The topological polar surface area (TPSA) is 46.3 Å². The van der Waals surface area contributed by atoms with E-state index in [4.69, 9.17) is 5.73 Å². The van der Waals surface area contributed by atoms with Crippen LogP contribution in [0.25, 0.3) is 0 Å². The monoisotopic (exact) mass is 224 g/mol. The normalized spacial score (nSPS) is 34.1. The maximum absolute atomic E-state index is 12.2. The van der Waals surface area contributed by atoms with Crippen LogP contribution in [-0.2, 0) is 4.79 Å². The van der Waals surface area contributed by atoms with Crippen LogP contribution >= 0.6 is 0 Å². The average Bonchev–Trinajstić information content (AvgIpc) is 2.99. The van der Waals surface area contributed by atoms with Gasteiger partial charge in [0.25, 0.3) is 0 Å². The summed E-state index contributed by atoms with van der Waals surface area (Å²) in [7, 11) is 1.93. The van der Waals surface area contributed by atoms with Gasteiger partial charge in [-0.3, -0.25) is 4.79 Å². The van der Waals surface area contributed by atoms with Crippen molar-refractivity contribution >= 4 is 5.91 Å². The van der Waals surface area contributed by atoms with Crippen molar-refractivity contribution < 1.29 is 4.79 Å². The second kappa shape index (κ2) is 4.74. The lowest BCUT2D eigenvalue weighted by atomic mass is 10.0. The number of rotatable bonds is 4. The molecule has 0 aromatic carbocycles. The molecule has 0 radical (unpaired) electrons. The number of carbonyl (C=O) groups excluding carboxylic acids is 1. The molecular formula is C13H24N2O. The SMILES string of the molecule is CC(N)CCN(C)C(=O)C1C2CCCCC21. The Hall–Kier alpha value is -0.570. The summed E-state index contributed by atoms with van der Waals surface area (Å²) in [4.78, 5) is 14.1. The minimum Gasteiger partial charge on any atom is -0.345 e. The van der Waals surface area contributed by atoms with Crippen LogP contribution in [0.1, 0.15) is 39.0 Å². The third-order valence-corrected chi connectivity index (χ3v) is 4.24. The minimum absolute atomic E-state index is 0.191. The lowest BCUT2D eigenvalue weighted by Crippen LogP contribution is -2.32. The third kappa shape index (κ3) is 2.40. The molecule has 0 saturated heterocycles. The lowest BCUT2D eigenvalue weighted by molar-refractivity contribution is -0.131. The van der Waals surface area contributed by atoms with Crippen molar-refractivity contribution in [1.29, 1.82) is 0 Å². The number of nitrogens with two attached hydrogens (primary N) is 1. The molecule has 1 amide bonds. The van der Waals surface area contributed by atoms with Gasteiger partial charge in [0, 0.05) is 25.6 Å². The highest BCUT2D eigenvalue weighted by Crippen LogP contribution is 2.55. The standard InChI is InChI=1S/C13H24N2O/c1-9(14)7-8-15(2)13(16)12-10-5-3-4-6-11(10)12/h9-12H,3-8,14H2,1-2H3. The van der Waals surface area contributed by atoms with E-state index in [0.29, 0.717) is 11.8 Å². The predicted molar refractivity (Wildman–Crippen MR) is 64.8 cm³/mol. The van der Waals surface area contributed by atoms with E-state index >= 15 is 0 Å². The second-order valence-electron chi connectivity index (χ2n) is 5.66. The van der Waals surface area contributed by atoms with E-state index < -0.39 is 0 Å². The average molecular weight is 224 g/mol. The summed E-state index contributed by atoms with van der Waals surface area (Å²) >= 11 is 0. The number of amides is 1. The van der Waals surface area contributed by atoms with Crippen LogP contribution < -0.4 is 5.73 Å². The predicted octanol–water partition coefficient (Wildman–Crippen LogP) is 1.62. The van der Waals surface area contributed by atoms with E-state index in [0.717, 1.165) is 24.8 Å². The molecule has 2 aliphatic carbocycles. The number of hydrogen-bond donors (Lipinski definition) is 1. The van der Waals surface area contributed by atoms with Gasteiger partial charge in [0.2, 0.25) is 5.91 Å². The lowest BCUT2D eigenvalue weighted by Gasteiger charge is -2.18. The number of carbonyl (C=O) groups is 1. The number of nitrogens with zero attached hydrogens (tertiary/aromatic N) is 1. The molecule has 2 saturated carbocycles. The van der Waals surface area contributed by atoms with Crippen LogP contribution in [0.2, 0.25) is 0 Å². The highest BCUT2D eigenvalue weighted by molar-refractivity contribution is 5.82. The summed E-state index contributed by atoms with van der Waals surface area (Å²) < 4.78 is 0. The van der Waals surface area contributed by atoms with Gasteiger partial charge >= 0.3 is 0 Å². The van der Waals surface area contributed by atoms with Gasteiger partial charge < -0.3 is 10.6 Å². The molecule has 0 aromatic heterocycles. The van der Waals surface area contributed by atoms with Gasteiger partial charge in [-0.1, -0.05) is 12.8 Å². The Balaban J connectivity index is 1.79. The summed E-state index contributed by atoms with van der Waals surface area (Å²) in [5, 5.41) is 0. The van der Waals surface area contributed by atoms with Crippen molar-refractivity contribution in [2.45, 2.75) is 45.1 Å². The van der Waals surface area contributed by atoms with Gasteiger partial charge in [-0.25, -0.2) is 0 Å². The van der Waals surface area contributed by atoms with Gasteiger partial charge in [-0.05, 0) is 38.0 Å². The first kappa shape index (κ1) is 11.9. The van der Waals surface area contributed by atoms with Crippen LogP contribution in [0.15, 0.2) is 0 Å². The number of fused-ring (bicyclic) bond motifs is 1. The molecule has 92 valence electrons. The van der Waals surface area contributed by atoms with Gasteiger partial charge in [0.1, 0.15) is 0 Å². The highest BCUT2D eigenvalue weighted by atomic mass is 16.2. The summed E-state index contributed by atoms with van der Waals surface area (Å²) in [6.45, 7) is 2.81. The van der Waals surface area contributed by atoms with Crippen LogP contribution in [-0.4, -0.2) is 30.4 Å². The fraction of sp³-hybridized carbons (Fsp3) is 0.923. The molecule has 16 heavy (non-hydrogen) atoms. The molecule has 3 nitrogen and oxygen atoms in total. The first-order valence-electron chi connectivity index (χ1n) is 6.62. The Morgan fingerprint density at radius 3 is 2.44 bits per heavy atom. The smallest absolute Gasteiger partial charge is 0.226 e. The maximum atomic E-state index is 12.2. The molecule has 0 spiro atoms. The summed E-state index contributed by atoms with van der Waals surface area (Å²) in [5.41, 5.74) is 5.71. The molecule has 0 aromatic rings.